The van der Waals surface area contributed by atoms with Crippen LogP contribution in [-0.2, 0) is 6.42 Å². The molecule has 4 rings (SSSR count). The first-order valence-electron chi connectivity index (χ1n) is 11.5. The number of ether oxygens (including phenoxy) is 1. The Balaban J connectivity index is 1.41. The molecule has 1 unspecified atom stereocenters. The van der Waals surface area contributed by atoms with Crippen molar-refractivity contribution in [1.29, 1.82) is 0 Å². The topological polar surface area (TPSA) is 68.5 Å². The molecule has 1 aromatic heterocycles. The zero-order valence-electron chi connectivity index (χ0n) is 18.9. The third-order valence-corrected chi connectivity index (χ3v) is 6.10. The molecule has 168 valence electrons. The first-order valence-corrected chi connectivity index (χ1v) is 11.5. The molecular formula is C26H31N3O3. The van der Waals surface area contributed by atoms with E-state index in [4.69, 9.17) is 9.26 Å². The number of methoxy groups -OCH3 is 1. The molecule has 0 N–H and O–H groups in total. The summed E-state index contributed by atoms with van der Waals surface area (Å²) in [5.74, 6) is 2.00. The minimum absolute atomic E-state index is 0.0490. The van der Waals surface area contributed by atoms with Gasteiger partial charge in [-0.25, -0.2) is 0 Å². The van der Waals surface area contributed by atoms with Gasteiger partial charge in [-0.05, 0) is 55.5 Å². The molecule has 1 fully saturated rings. The number of hydrogen-bond donors (Lipinski definition) is 0. The Morgan fingerprint density at radius 1 is 1.19 bits per heavy atom. The van der Waals surface area contributed by atoms with Crippen LogP contribution < -0.4 is 4.74 Å². The quantitative estimate of drug-likeness (QED) is 0.439. The Labute approximate surface area is 189 Å². The monoisotopic (exact) mass is 433 g/mol. The van der Waals surface area contributed by atoms with E-state index in [9.17, 15) is 4.79 Å². The van der Waals surface area contributed by atoms with Crippen molar-refractivity contribution < 1.29 is 14.1 Å². The average Bonchev–Trinajstić information content (AvgIpc) is 3.35. The van der Waals surface area contributed by atoms with E-state index in [-0.39, 0.29) is 11.8 Å². The highest BCUT2D eigenvalue weighted by Crippen LogP contribution is 2.29. The Hall–Kier alpha value is -3.15. The fraction of sp³-hybridized carbons (Fsp3) is 0.423. The van der Waals surface area contributed by atoms with Gasteiger partial charge < -0.3 is 14.2 Å². The summed E-state index contributed by atoms with van der Waals surface area (Å²) >= 11 is 0. The second kappa shape index (κ2) is 10.4. The van der Waals surface area contributed by atoms with E-state index in [0.717, 1.165) is 42.7 Å². The molecule has 1 amide bonds. The molecule has 0 bridgehead atoms. The summed E-state index contributed by atoms with van der Waals surface area (Å²) in [7, 11) is 1.63. The molecule has 2 heterocycles. The number of unbranched alkanes of at least 4 members (excludes halogenated alkanes) is 2. The third kappa shape index (κ3) is 5.18. The van der Waals surface area contributed by atoms with Crippen molar-refractivity contribution in [2.45, 2.75) is 51.4 Å². The zero-order valence-corrected chi connectivity index (χ0v) is 18.9. The smallest absolute Gasteiger partial charge is 0.253 e. The first kappa shape index (κ1) is 22.1. The molecule has 1 aliphatic heterocycles. The van der Waals surface area contributed by atoms with Crippen molar-refractivity contribution in [1.82, 2.24) is 15.0 Å². The molecule has 3 aromatic rings. The van der Waals surface area contributed by atoms with E-state index in [2.05, 4.69) is 29.2 Å². The van der Waals surface area contributed by atoms with Crippen LogP contribution in [0.15, 0.2) is 53.1 Å². The van der Waals surface area contributed by atoms with Gasteiger partial charge in [0.2, 0.25) is 11.7 Å². The minimum Gasteiger partial charge on any atom is -0.497 e. The molecule has 0 aliphatic carbocycles. The van der Waals surface area contributed by atoms with Gasteiger partial charge >= 0.3 is 0 Å². The fourth-order valence-electron chi connectivity index (χ4n) is 4.22. The van der Waals surface area contributed by atoms with Crippen LogP contribution in [0.1, 0.15) is 66.8 Å². The minimum atomic E-state index is 0.0490. The molecule has 2 aromatic carbocycles. The molecule has 1 aliphatic rings. The van der Waals surface area contributed by atoms with E-state index in [0.29, 0.717) is 18.3 Å². The summed E-state index contributed by atoms with van der Waals surface area (Å²) in [4.78, 5) is 19.6. The van der Waals surface area contributed by atoms with Crippen molar-refractivity contribution in [3.63, 3.8) is 0 Å². The second-order valence-corrected chi connectivity index (χ2v) is 8.43. The largest absolute Gasteiger partial charge is 0.497 e. The molecule has 6 heteroatoms. The van der Waals surface area contributed by atoms with Crippen LogP contribution >= 0.6 is 0 Å². The van der Waals surface area contributed by atoms with Gasteiger partial charge in [0.05, 0.1) is 13.0 Å². The van der Waals surface area contributed by atoms with Crippen LogP contribution in [0.5, 0.6) is 5.75 Å². The zero-order chi connectivity index (χ0) is 22.3. The van der Waals surface area contributed by atoms with Gasteiger partial charge in [0.15, 0.2) is 0 Å². The SMILES string of the molecule is CCCCCc1ccc(C(=O)N2CCCC(c3nc(-c4cccc(OC)c4)no3)C2)cc1. The number of rotatable bonds is 8. The number of carbonyl (C=O) groups excluding carboxylic acids is 1. The number of aromatic nitrogens is 2. The molecule has 0 spiro atoms. The normalized spacial score (nSPS) is 16.2. The molecule has 0 saturated carbocycles. The maximum atomic E-state index is 13.1. The molecule has 1 saturated heterocycles. The highest BCUT2D eigenvalue weighted by molar-refractivity contribution is 5.94. The highest BCUT2D eigenvalue weighted by Gasteiger charge is 2.29. The van der Waals surface area contributed by atoms with Gasteiger partial charge in [0.25, 0.3) is 5.91 Å². The maximum absolute atomic E-state index is 13.1. The van der Waals surface area contributed by atoms with E-state index in [1.54, 1.807) is 7.11 Å². The number of piperidine rings is 1. The van der Waals surface area contributed by atoms with Crippen molar-refractivity contribution in [2.75, 3.05) is 20.2 Å². The lowest BCUT2D eigenvalue weighted by Crippen LogP contribution is -2.39. The molecule has 1 atom stereocenters. The summed E-state index contributed by atoms with van der Waals surface area (Å²) in [5.41, 5.74) is 2.89. The lowest BCUT2D eigenvalue weighted by Gasteiger charge is -2.31. The van der Waals surface area contributed by atoms with Crippen molar-refractivity contribution in [3.05, 3.63) is 65.5 Å². The van der Waals surface area contributed by atoms with Crippen LogP contribution in [0, 0.1) is 0 Å². The highest BCUT2D eigenvalue weighted by atomic mass is 16.5. The Morgan fingerprint density at radius 3 is 2.81 bits per heavy atom. The van der Waals surface area contributed by atoms with E-state index in [1.165, 1.54) is 24.8 Å². The van der Waals surface area contributed by atoms with Gasteiger partial charge in [-0.2, -0.15) is 4.98 Å². The molecule has 32 heavy (non-hydrogen) atoms. The molecule has 0 radical (unpaired) electrons. The van der Waals surface area contributed by atoms with Gasteiger partial charge in [-0.3, -0.25) is 4.79 Å². The maximum Gasteiger partial charge on any atom is 0.253 e. The Kier molecular flexibility index (Phi) is 7.20. The lowest BCUT2D eigenvalue weighted by atomic mass is 9.97. The van der Waals surface area contributed by atoms with Crippen LogP contribution in [0.3, 0.4) is 0 Å². The number of aryl methyl sites for hydroxylation is 1. The summed E-state index contributed by atoms with van der Waals surface area (Å²) in [6.07, 6.45) is 6.57. The Bertz CT molecular complexity index is 1030. The first-order chi connectivity index (χ1) is 15.7. The predicted molar refractivity (Wildman–Crippen MR) is 124 cm³/mol. The standard InChI is InChI=1S/C26H31N3O3/c1-3-4-5-8-19-12-14-20(15-13-19)26(30)29-16-7-10-22(18-29)25-27-24(28-32-25)21-9-6-11-23(17-21)31-2/h6,9,11-15,17,22H,3-5,7-8,10,16,18H2,1-2H3. The van der Waals surface area contributed by atoms with Gasteiger partial charge in [-0.15, -0.1) is 0 Å². The number of hydrogen-bond acceptors (Lipinski definition) is 5. The lowest BCUT2D eigenvalue weighted by molar-refractivity contribution is 0.0695. The van der Waals surface area contributed by atoms with Gasteiger partial charge in [0.1, 0.15) is 5.75 Å². The van der Waals surface area contributed by atoms with Crippen LogP contribution in [-0.4, -0.2) is 41.1 Å². The van der Waals surface area contributed by atoms with Crippen LogP contribution in [0.25, 0.3) is 11.4 Å². The van der Waals surface area contributed by atoms with E-state index >= 15 is 0 Å². The summed E-state index contributed by atoms with van der Waals surface area (Å²) in [5, 5.41) is 4.16. The second-order valence-electron chi connectivity index (χ2n) is 8.43. The van der Waals surface area contributed by atoms with Crippen LogP contribution in [0.2, 0.25) is 0 Å². The fourth-order valence-corrected chi connectivity index (χ4v) is 4.22. The predicted octanol–water partition coefficient (Wildman–Crippen LogP) is 5.50. The number of nitrogens with zero attached hydrogens (tertiary/aromatic N) is 3. The summed E-state index contributed by atoms with van der Waals surface area (Å²) in [6, 6.07) is 15.7. The van der Waals surface area contributed by atoms with Gasteiger partial charge in [-0.1, -0.05) is 49.2 Å². The van der Waals surface area contributed by atoms with Crippen molar-refractivity contribution >= 4 is 5.91 Å². The number of amides is 1. The number of carbonyl (C=O) groups is 1. The third-order valence-electron chi connectivity index (χ3n) is 6.10. The van der Waals surface area contributed by atoms with Crippen molar-refractivity contribution in [3.8, 4) is 17.1 Å². The Morgan fingerprint density at radius 2 is 2.03 bits per heavy atom. The number of benzene rings is 2. The van der Waals surface area contributed by atoms with E-state index < -0.39 is 0 Å². The van der Waals surface area contributed by atoms with E-state index in [1.807, 2.05) is 41.3 Å². The molecule has 6 nitrogen and oxygen atoms in total. The van der Waals surface area contributed by atoms with Crippen molar-refractivity contribution in [2.24, 2.45) is 0 Å². The summed E-state index contributed by atoms with van der Waals surface area (Å²) < 4.78 is 10.9. The number of likely N-dealkylation sites (tertiary alicyclic amines) is 1. The van der Waals surface area contributed by atoms with Gasteiger partial charge in [0, 0.05) is 24.2 Å². The summed E-state index contributed by atoms with van der Waals surface area (Å²) in [6.45, 7) is 3.56. The van der Waals surface area contributed by atoms with Crippen LogP contribution in [0.4, 0.5) is 0 Å². The average molecular weight is 434 g/mol. The molecular weight excluding hydrogens is 402 g/mol.